The molecule has 0 aromatic carbocycles. The largest absolute Gasteiger partial charge is 0.391 e. The molecular formula is C13H25N3O3. The number of carbonyl (C=O) groups excluding carboxylic acids is 2. The Morgan fingerprint density at radius 2 is 1.89 bits per heavy atom. The van der Waals surface area contributed by atoms with Crippen molar-refractivity contribution >= 4 is 11.8 Å². The molecule has 0 aromatic heterocycles. The highest BCUT2D eigenvalue weighted by atomic mass is 16.3. The van der Waals surface area contributed by atoms with E-state index < -0.39 is 6.10 Å². The number of nitrogens with one attached hydrogen (secondary N) is 3. The number of amides is 2. The van der Waals surface area contributed by atoms with Crippen molar-refractivity contribution in [2.45, 2.75) is 33.3 Å². The lowest BCUT2D eigenvalue weighted by atomic mass is 9.92. The van der Waals surface area contributed by atoms with Gasteiger partial charge in [0.25, 0.3) is 0 Å². The highest BCUT2D eigenvalue weighted by molar-refractivity contribution is 5.84. The minimum Gasteiger partial charge on any atom is -0.391 e. The summed E-state index contributed by atoms with van der Waals surface area (Å²) in [5.74, 6) is -0.291. The number of rotatable bonds is 5. The zero-order valence-corrected chi connectivity index (χ0v) is 12.0. The first-order chi connectivity index (χ1) is 8.78. The lowest BCUT2D eigenvalue weighted by molar-refractivity contribution is -0.127. The number of hydrogen-bond donors (Lipinski definition) is 4. The van der Waals surface area contributed by atoms with Crippen molar-refractivity contribution in [1.82, 2.24) is 16.0 Å². The third kappa shape index (κ3) is 6.54. The Morgan fingerprint density at radius 3 is 2.42 bits per heavy atom. The highest BCUT2D eigenvalue weighted by Crippen LogP contribution is 2.17. The van der Waals surface area contributed by atoms with E-state index in [1.807, 2.05) is 20.8 Å². The Kier molecular flexibility index (Phi) is 5.75. The summed E-state index contributed by atoms with van der Waals surface area (Å²) in [4.78, 5) is 23.1. The van der Waals surface area contributed by atoms with Gasteiger partial charge in [0.05, 0.1) is 12.6 Å². The molecule has 0 saturated carbocycles. The van der Waals surface area contributed by atoms with Crippen molar-refractivity contribution in [3.05, 3.63) is 0 Å². The minimum absolute atomic E-state index is 0.00877. The molecule has 0 radical (unpaired) electrons. The van der Waals surface area contributed by atoms with Crippen LogP contribution in [0, 0.1) is 11.3 Å². The Labute approximate surface area is 114 Å². The van der Waals surface area contributed by atoms with E-state index in [1.54, 1.807) is 0 Å². The van der Waals surface area contributed by atoms with Crippen molar-refractivity contribution < 1.29 is 14.7 Å². The fraction of sp³-hybridized carbons (Fsp3) is 0.846. The lowest BCUT2D eigenvalue weighted by Gasteiger charge is -2.17. The maximum absolute atomic E-state index is 11.5. The summed E-state index contributed by atoms with van der Waals surface area (Å²) in [6, 6.07) is 0. The Balaban J connectivity index is 2.16. The fourth-order valence-corrected chi connectivity index (χ4v) is 1.96. The average molecular weight is 271 g/mol. The molecule has 4 N–H and O–H groups in total. The molecule has 1 heterocycles. The molecule has 0 spiro atoms. The van der Waals surface area contributed by atoms with Gasteiger partial charge < -0.3 is 21.1 Å². The topological polar surface area (TPSA) is 90.5 Å². The van der Waals surface area contributed by atoms with Crippen LogP contribution in [0.5, 0.6) is 0 Å². The first-order valence-electron chi connectivity index (χ1n) is 6.70. The fourth-order valence-electron chi connectivity index (χ4n) is 1.96. The van der Waals surface area contributed by atoms with Crippen LogP contribution in [0.3, 0.4) is 0 Å². The van der Waals surface area contributed by atoms with Crippen LogP contribution in [0.15, 0.2) is 0 Å². The first-order valence-corrected chi connectivity index (χ1v) is 6.70. The van der Waals surface area contributed by atoms with Gasteiger partial charge in [0.1, 0.15) is 0 Å². The zero-order chi connectivity index (χ0) is 14.5. The number of aliphatic hydroxyl groups is 1. The summed E-state index contributed by atoms with van der Waals surface area (Å²) < 4.78 is 0. The molecule has 1 aliphatic rings. The molecule has 2 atom stereocenters. The average Bonchev–Trinajstić information content (AvgIpc) is 2.67. The van der Waals surface area contributed by atoms with Crippen LogP contribution in [0.25, 0.3) is 0 Å². The third-order valence-corrected chi connectivity index (χ3v) is 3.00. The summed E-state index contributed by atoms with van der Waals surface area (Å²) in [6.45, 7) is 7.62. The summed E-state index contributed by atoms with van der Waals surface area (Å²) in [6.07, 6.45) is -0.0123. The van der Waals surface area contributed by atoms with Crippen molar-refractivity contribution in [2.24, 2.45) is 11.3 Å². The minimum atomic E-state index is -0.407. The molecule has 110 valence electrons. The van der Waals surface area contributed by atoms with Crippen molar-refractivity contribution in [1.29, 1.82) is 0 Å². The molecule has 2 unspecified atom stereocenters. The molecule has 0 aromatic rings. The van der Waals surface area contributed by atoms with Gasteiger partial charge in [0, 0.05) is 32.0 Å². The van der Waals surface area contributed by atoms with Crippen LogP contribution in [-0.4, -0.2) is 49.2 Å². The van der Waals surface area contributed by atoms with E-state index in [0.29, 0.717) is 26.1 Å². The Hall–Kier alpha value is -1.14. The second-order valence-corrected chi connectivity index (χ2v) is 6.30. The van der Waals surface area contributed by atoms with Gasteiger partial charge in [-0.2, -0.15) is 0 Å². The van der Waals surface area contributed by atoms with Crippen LogP contribution in [0.4, 0.5) is 0 Å². The van der Waals surface area contributed by atoms with Gasteiger partial charge >= 0.3 is 0 Å². The summed E-state index contributed by atoms with van der Waals surface area (Å²) in [7, 11) is 0. The van der Waals surface area contributed by atoms with E-state index in [9.17, 15) is 14.7 Å². The standard InChI is InChI=1S/C13H25N3O3/c1-13(2,3)4-11(18)16-8-12(19)15-6-9-5-14-7-10(9)17/h9-10,14,17H,4-8H2,1-3H3,(H,15,19)(H,16,18). The van der Waals surface area contributed by atoms with Gasteiger partial charge in [-0.15, -0.1) is 0 Å². The van der Waals surface area contributed by atoms with Crippen LogP contribution in [-0.2, 0) is 9.59 Å². The molecule has 1 aliphatic heterocycles. The number of β-amino-alcohol motifs (C(OH)–C–C–N with tert-alkyl or cyclic N) is 1. The number of aliphatic hydroxyl groups excluding tert-OH is 1. The van der Waals surface area contributed by atoms with Gasteiger partial charge in [-0.25, -0.2) is 0 Å². The molecule has 19 heavy (non-hydrogen) atoms. The SMILES string of the molecule is CC(C)(C)CC(=O)NCC(=O)NCC1CNCC1O. The van der Waals surface area contributed by atoms with Crippen molar-refractivity contribution in [3.8, 4) is 0 Å². The molecule has 6 heteroatoms. The van der Waals surface area contributed by atoms with Crippen LogP contribution in [0.2, 0.25) is 0 Å². The highest BCUT2D eigenvalue weighted by Gasteiger charge is 2.25. The summed E-state index contributed by atoms with van der Waals surface area (Å²) >= 11 is 0. The van der Waals surface area contributed by atoms with Gasteiger partial charge in [-0.3, -0.25) is 9.59 Å². The predicted molar refractivity (Wildman–Crippen MR) is 72.5 cm³/mol. The normalized spacial score (nSPS) is 23.2. The quantitative estimate of drug-likeness (QED) is 0.529. The third-order valence-electron chi connectivity index (χ3n) is 3.00. The molecule has 0 aliphatic carbocycles. The second-order valence-electron chi connectivity index (χ2n) is 6.30. The van der Waals surface area contributed by atoms with Gasteiger partial charge in [0.15, 0.2) is 0 Å². The lowest BCUT2D eigenvalue weighted by Crippen LogP contribution is -2.41. The van der Waals surface area contributed by atoms with E-state index in [4.69, 9.17) is 0 Å². The van der Waals surface area contributed by atoms with Crippen molar-refractivity contribution in [3.63, 3.8) is 0 Å². The first kappa shape index (κ1) is 15.9. The molecule has 2 amide bonds. The maximum Gasteiger partial charge on any atom is 0.239 e. The molecule has 6 nitrogen and oxygen atoms in total. The molecular weight excluding hydrogens is 246 g/mol. The van der Waals surface area contributed by atoms with E-state index in [0.717, 1.165) is 0 Å². The molecule has 0 bridgehead atoms. The number of carbonyl (C=O) groups is 2. The Morgan fingerprint density at radius 1 is 1.21 bits per heavy atom. The predicted octanol–water partition coefficient (Wildman–Crippen LogP) is -0.765. The van der Waals surface area contributed by atoms with E-state index >= 15 is 0 Å². The van der Waals surface area contributed by atoms with Crippen LogP contribution in [0.1, 0.15) is 27.2 Å². The number of hydrogen-bond acceptors (Lipinski definition) is 4. The smallest absolute Gasteiger partial charge is 0.239 e. The van der Waals surface area contributed by atoms with Crippen LogP contribution >= 0.6 is 0 Å². The molecule has 1 saturated heterocycles. The Bertz CT molecular complexity index is 326. The summed E-state index contributed by atoms with van der Waals surface area (Å²) in [5, 5.41) is 17.9. The molecule has 1 fully saturated rings. The van der Waals surface area contributed by atoms with Crippen LogP contribution < -0.4 is 16.0 Å². The monoisotopic (exact) mass is 271 g/mol. The van der Waals surface area contributed by atoms with E-state index in [2.05, 4.69) is 16.0 Å². The second kappa shape index (κ2) is 6.86. The van der Waals surface area contributed by atoms with E-state index in [1.165, 1.54) is 0 Å². The molecule has 1 rings (SSSR count). The van der Waals surface area contributed by atoms with Gasteiger partial charge in [-0.1, -0.05) is 20.8 Å². The van der Waals surface area contributed by atoms with Crippen molar-refractivity contribution in [2.75, 3.05) is 26.2 Å². The van der Waals surface area contributed by atoms with E-state index in [-0.39, 0.29) is 29.7 Å². The van der Waals surface area contributed by atoms with Gasteiger partial charge in [-0.05, 0) is 5.41 Å². The van der Waals surface area contributed by atoms with Gasteiger partial charge in [0.2, 0.25) is 11.8 Å². The maximum atomic E-state index is 11.5. The zero-order valence-electron chi connectivity index (χ0n) is 12.0. The summed E-state index contributed by atoms with van der Waals surface area (Å²) in [5.41, 5.74) is -0.0831.